The number of rotatable bonds is 4. The summed E-state index contributed by atoms with van der Waals surface area (Å²) in [7, 11) is -3.19. The monoisotopic (exact) mass is 403 g/mol. The Balaban J connectivity index is 1.62. The maximum atomic E-state index is 11.8. The van der Waals surface area contributed by atoms with Crippen molar-refractivity contribution in [3.05, 3.63) is 53.3 Å². The molecule has 5 nitrogen and oxygen atoms in total. The Morgan fingerprint density at radius 2 is 1.89 bits per heavy atom. The van der Waals surface area contributed by atoms with Crippen molar-refractivity contribution >= 4 is 33.1 Å². The first-order chi connectivity index (χ1) is 12.7. The second-order valence-corrected chi connectivity index (χ2v) is 9.58. The highest BCUT2D eigenvalue weighted by Crippen LogP contribution is 2.23. The largest absolute Gasteiger partial charge is 0.610 e. The maximum absolute atomic E-state index is 11.8. The molecule has 3 rings (SSSR count). The Bertz CT molecular complexity index is 866. The van der Waals surface area contributed by atoms with Crippen LogP contribution in [0, 0.1) is 13.8 Å². The second kappa shape index (κ2) is 8.04. The minimum Gasteiger partial charge on any atom is -0.610 e. The van der Waals surface area contributed by atoms with Gasteiger partial charge in [0.2, 0.25) is 0 Å². The summed E-state index contributed by atoms with van der Waals surface area (Å²) in [5, 5.41) is 0. The lowest BCUT2D eigenvalue weighted by Gasteiger charge is -2.37. The predicted molar refractivity (Wildman–Crippen MR) is 113 cm³/mol. The van der Waals surface area contributed by atoms with Crippen molar-refractivity contribution in [3.8, 4) is 0 Å². The maximum Gasteiger partial charge on any atom is 0.157 e. The predicted octanol–water partition coefficient (Wildman–Crippen LogP) is 3.01. The average Bonchev–Trinajstić information content (AvgIpc) is 2.60. The number of sulfone groups is 1. The zero-order valence-corrected chi connectivity index (χ0v) is 17.6. The number of nitrogens with zero attached hydrogens (tertiary/aromatic N) is 3. The molecule has 1 unspecified atom stereocenters. The molecule has 0 amide bonds. The van der Waals surface area contributed by atoms with Gasteiger partial charge in [-0.3, -0.25) is 4.98 Å². The molecule has 1 aliphatic rings. The lowest BCUT2D eigenvalue weighted by Crippen LogP contribution is -2.48. The molecule has 144 valence electrons. The van der Waals surface area contributed by atoms with E-state index in [4.69, 9.17) is 12.2 Å². The fourth-order valence-corrected chi connectivity index (χ4v) is 4.40. The first-order valence-electron chi connectivity index (χ1n) is 8.99. The summed E-state index contributed by atoms with van der Waals surface area (Å²) in [6.45, 7) is 7.36. The molecule has 2 heterocycles. The topological polar surface area (TPSA) is 59.5 Å². The smallest absolute Gasteiger partial charge is 0.157 e. The van der Waals surface area contributed by atoms with E-state index in [1.807, 2.05) is 13.0 Å². The highest BCUT2D eigenvalue weighted by Gasteiger charge is 2.21. The van der Waals surface area contributed by atoms with Crippen LogP contribution in [0.5, 0.6) is 0 Å². The number of pyridine rings is 1. The van der Waals surface area contributed by atoms with Gasteiger partial charge in [-0.15, -0.1) is 4.21 Å². The van der Waals surface area contributed by atoms with Crippen molar-refractivity contribution in [2.24, 2.45) is 0 Å². The summed E-state index contributed by atoms with van der Waals surface area (Å²) >= 11 is 5.66. The number of hydrogen-bond acceptors (Lipinski definition) is 5. The summed E-state index contributed by atoms with van der Waals surface area (Å²) in [4.78, 5) is 10.3. The van der Waals surface area contributed by atoms with Gasteiger partial charge in [0.05, 0.1) is 15.2 Å². The first kappa shape index (κ1) is 19.9. The van der Waals surface area contributed by atoms with Crippen LogP contribution < -0.4 is 4.90 Å². The molecular formula is C20H25N3O2S2. The van der Waals surface area contributed by atoms with Gasteiger partial charge < -0.3 is 14.4 Å². The molecule has 0 spiro atoms. The Kier molecular flexibility index (Phi) is 5.93. The summed E-state index contributed by atoms with van der Waals surface area (Å²) in [5.41, 5.74) is 4.18. The van der Waals surface area contributed by atoms with Gasteiger partial charge in [0.25, 0.3) is 0 Å². The van der Waals surface area contributed by atoms with E-state index in [2.05, 4.69) is 33.8 Å². The number of thiocarbonyl (C=S) groups is 1. The van der Waals surface area contributed by atoms with Crippen molar-refractivity contribution in [1.82, 2.24) is 9.88 Å². The third-order valence-electron chi connectivity index (χ3n) is 4.73. The van der Waals surface area contributed by atoms with Crippen LogP contribution in [0.1, 0.15) is 17.0 Å². The molecule has 7 heteroatoms. The number of aromatic nitrogens is 1. The van der Waals surface area contributed by atoms with Gasteiger partial charge in [-0.2, -0.15) is 0 Å². The molecule has 27 heavy (non-hydrogen) atoms. The van der Waals surface area contributed by atoms with Gasteiger partial charge in [-0.1, -0.05) is 18.3 Å². The Hall–Kier alpha value is -1.83. The van der Waals surface area contributed by atoms with Crippen molar-refractivity contribution in [2.75, 3.05) is 37.3 Å². The van der Waals surface area contributed by atoms with E-state index >= 15 is 0 Å². The number of aryl methyl sites for hydroxylation is 2. The molecule has 0 radical (unpaired) electrons. The van der Waals surface area contributed by atoms with E-state index in [-0.39, 0.29) is 0 Å². The third kappa shape index (κ3) is 5.12. The molecule has 1 aromatic carbocycles. The molecule has 1 saturated heterocycles. The Morgan fingerprint density at radius 1 is 1.19 bits per heavy atom. The molecule has 1 aliphatic heterocycles. The number of piperazine rings is 1. The van der Waals surface area contributed by atoms with Gasteiger partial charge >= 0.3 is 0 Å². The average molecular weight is 404 g/mol. The summed E-state index contributed by atoms with van der Waals surface area (Å²) in [6.07, 6.45) is 1.92. The third-order valence-corrected chi connectivity index (χ3v) is 6.24. The van der Waals surface area contributed by atoms with Crippen LogP contribution in [0.25, 0.3) is 0 Å². The minimum absolute atomic E-state index is 0.360. The normalized spacial score (nSPS) is 16.9. The van der Waals surface area contributed by atoms with Crippen LogP contribution in [0.3, 0.4) is 0 Å². The molecule has 0 bridgehead atoms. The summed E-state index contributed by atoms with van der Waals surface area (Å²) in [5.74, 6) is 0. The van der Waals surface area contributed by atoms with E-state index < -0.39 is 10.2 Å². The second-order valence-electron chi connectivity index (χ2n) is 7.09. The first-order valence-corrected chi connectivity index (χ1v) is 11.3. The number of anilines is 1. The number of hydrogen-bond donors (Lipinski definition) is 0. The van der Waals surface area contributed by atoms with Crippen molar-refractivity contribution in [2.45, 2.75) is 25.2 Å². The molecule has 0 saturated carbocycles. The van der Waals surface area contributed by atoms with Crippen LogP contribution >= 0.6 is 12.2 Å². The molecule has 1 atom stereocenters. The molecule has 1 aromatic heterocycles. The Labute approximate surface area is 167 Å². The molecule has 0 aliphatic carbocycles. The molecular weight excluding hydrogens is 378 g/mol. The quantitative estimate of drug-likeness (QED) is 0.578. The molecule has 0 N–H and O–H groups in total. The zero-order valence-electron chi connectivity index (χ0n) is 16.0. The zero-order chi connectivity index (χ0) is 19.6. The van der Waals surface area contributed by atoms with Crippen LogP contribution in [0.4, 0.5) is 5.69 Å². The van der Waals surface area contributed by atoms with Crippen molar-refractivity contribution < 1.29 is 8.76 Å². The highest BCUT2D eigenvalue weighted by atomic mass is 32.3. The van der Waals surface area contributed by atoms with Crippen molar-refractivity contribution in [1.29, 1.82) is 0 Å². The lowest BCUT2D eigenvalue weighted by molar-refractivity contribution is 0.386. The molecule has 1 fully saturated rings. The van der Waals surface area contributed by atoms with Crippen LogP contribution in [-0.4, -0.2) is 51.9 Å². The van der Waals surface area contributed by atoms with Crippen LogP contribution in [-0.2, 0) is 20.8 Å². The lowest BCUT2D eigenvalue weighted by atomic mass is 10.1. The number of benzene rings is 1. The van der Waals surface area contributed by atoms with Crippen molar-refractivity contribution in [3.63, 3.8) is 0 Å². The minimum atomic E-state index is -3.19. The summed E-state index contributed by atoms with van der Waals surface area (Å²) < 4.78 is 23.6. The van der Waals surface area contributed by atoms with Gasteiger partial charge in [-0.25, -0.2) is 0 Å². The van der Waals surface area contributed by atoms with E-state index in [1.165, 1.54) is 11.8 Å². The fraction of sp³-hybridized carbons (Fsp3) is 0.400. The van der Waals surface area contributed by atoms with E-state index in [0.29, 0.717) is 11.3 Å². The van der Waals surface area contributed by atoms with E-state index in [1.54, 1.807) is 18.2 Å². The fourth-order valence-electron chi connectivity index (χ4n) is 3.41. The standard InChI is InChI=1S/C20H25N3O2S2/c1-15-11-16(2)21-17(12-15)13-20(26)23-9-7-22(8-10-23)18-5-4-6-19(14-18)27(3,24)25/h4-6,11-12,14H,7-10,13H2,1-3H3. The van der Waals surface area contributed by atoms with Gasteiger partial charge in [0, 0.05) is 55.7 Å². The van der Waals surface area contributed by atoms with Crippen LogP contribution in [0.2, 0.25) is 0 Å². The van der Waals surface area contributed by atoms with E-state index in [9.17, 15) is 8.76 Å². The summed E-state index contributed by atoms with van der Waals surface area (Å²) in [6, 6.07) is 11.3. The highest BCUT2D eigenvalue weighted by molar-refractivity contribution is 7.97. The van der Waals surface area contributed by atoms with Gasteiger partial charge in [-0.05, 0) is 43.7 Å². The molecule has 2 aromatic rings. The van der Waals surface area contributed by atoms with Gasteiger partial charge in [0.15, 0.2) is 4.90 Å². The Morgan fingerprint density at radius 3 is 2.52 bits per heavy atom. The van der Waals surface area contributed by atoms with E-state index in [0.717, 1.165) is 48.2 Å². The van der Waals surface area contributed by atoms with Gasteiger partial charge in [0.1, 0.15) is 6.26 Å². The van der Waals surface area contributed by atoms with Crippen LogP contribution in [0.15, 0.2) is 41.3 Å². The SMILES string of the molecule is Cc1cc(C)nc(CC(=S)N2CCN(c3cccc([S+](C)(=O)[O-])c3)CC2)c1.